The molecule has 1 amide bonds. The maximum atomic E-state index is 13.2. The zero-order valence-corrected chi connectivity index (χ0v) is 16.1. The fraction of sp³-hybridized carbons (Fsp3) is 0.333. The predicted octanol–water partition coefficient (Wildman–Crippen LogP) is 4.21. The maximum absolute atomic E-state index is 13.2. The summed E-state index contributed by atoms with van der Waals surface area (Å²) in [5, 5.41) is 5.02. The van der Waals surface area contributed by atoms with E-state index in [9.17, 15) is 9.18 Å². The van der Waals surface area contributed by atoms with Gasteiger partial charge in [-0.25, -0.2) is 4.39 Å². The lowest BCUT2D eigenvalue weighted by molar-refractivity contribution is -0.119. The number of likely N-dealkylation sites (tertiary alicyclic amines) is 1. The van der Waals surface area contributed by atoms with Crippen LogP contribution in [0, 0.1) is 5.82 Å². The highest BCUT2D eigenvalue weighted by atomic mass is 32.2. The van der Waals surface area contributed by atoms with Crippen LogP contribution in [-0.2, 0) is 4.79 Å². The van der Waals surface area contributed by atoms with Gasteiger partial charge in [0.2, 0.25) is 5.91 Å². The molecule has 0 radical (unpaired) electrons. The first-order valence-electron chi connectivity index (χ1n) is 8.13. The summed E-state index contributed by atoms with van der Waals surface area (Å²) in [5.41, 5.74) is 0.865. The molecule has 0 saturated carbocycles. The molecule has 1 aliphatic heterocycles. The number of thiophene rings is 1. The number of hydrogen-bond donors (Lipinski definition) is 1. The number of thioether (sulfide) groups is 1. The SMILES string of the molecule is O=C(CSC(=S)N1CCCC1)NC(c1ccc(F)cc1)c1cccs1. The van der Waals surface area contributed by atoms with Crippen molar-refractivity contribution in [1.29, 1.82) is 0 Å². The third-order valence-corrected chi connectivity index (χ3v) is 6.49. The van der Waals surface area contributed by atoms with Crippen molar-refractivity contribution in [2.24, 2.45) is 0 Å². The number of thiocarbonyl (C=S) groups is 1. The van der Waals surface area contributed by atoms with Crippen LogP contribution in [0.15, 0.2) is 41.8 Å². The summed E-state index contributed by atoms with van der Waals surface area (Å²) >= 11 is 8.38. The van der Waals surface area contributed by atoms with Crippen molar-refractivity contribution in [3.63, 3.8) is 0 Å². The molecule has 1 atom stereocenters. The Labute approximate surface area is 160 Å². The van der Waals surface area contributed by atoms with Crippen LogP contribution < -0.4 is 5.32 Å². The number of nitrogens with one attached hydrogen (secondary N) is 1. The van der Waals surface area contributed by atoms with Crippen LogP contribution in [0.3, 0.4) is 0 Å². The summed E-state index contributed by atoms with van der Waals surface area (Å²) in [6, 6.07) is 9.90. The molecule has 0 bridgehead atoms. The molecule has 1 fully saturated rings. The molecule has 2 heterocycles. The van der Waals surface area contributed by atoms with E-state index in [1.54, 1.807) is 23.5 Å². The van der Waals surface area contributed by atoms with Crippen molar-refractivity contribution in [2.75, 3.05) is 18.8 Å². The minimum atomic E-state index is -0.286. The largest absolute Gasteiger partial charge is 0.358 e. The number of rotatable bonds is 5. The van der Waals surface area contributed by atoms with Crippen molar-refractivity contribution in [3.05, 3.63) is 58.0 Å². The van der Waals surface area contributed by atoms with Gasteiger partial charge in [0.25, 0.3) is 0 Å². The number of carbonyl (C=O) groups is 1. The topological polar surface area (TPSA) is 32.3 Å². The van der Waals surface area contributed by atoms with Gasteiger partial charge < -0.3 is 10.2 Å². The minimum Gasteiger partial charge on any atom is -0.358 e. The third kappa shape index (κ3) is 5.03. The summed E-state index contributed by atoms with van der Waals surface area (Å²) in [5.74, 6) is -0.0703. The zero-order valence-electron chi connectivity index (χ0n) is 13.6. The lowest BCUT2D eigenvalue weighted by atomic mass is 10.1. The van der Waals surface area contributed by atoms with E-state index in [0.29, 0.717) is 5.75 Å². The Hall–Kier alpha value is -1.44. The molecular weight excluding hydrogens is 375 g/mol. The van der Waals surface area contributed by atoms with Gasteiger partial charge in [-0.3, -0.25) is 4.79 Å². The van der Waals surface area contributed by atoms with Gasteiger partial charge in [-0.1, -0.05) is 42.2 Å². The van der Waals surface area contributed by atoms with Crippen molar-refractivity contribution in [1.82, 2.24) is 10.2 Å². The Morgan fingerprint density at radius 3 is 2.64 bits per heavy atom. The number of amides is 1. The average molecular weight is 395 g/mol. The molecule has 3 rings (SSSR count). The Morgan fingerprint density at radius 1 is 1.28 bits per heavy atom. The standard InChI is InChI=1S/C18H19FN2OS3/c19-14-7-5-13(6-8-14)17(15-4-3-11-24-15)20-16(22)12-25-18(23)21-9-1-2-10-21/h3-8,11,17H,1-2,9-10,12H2,(H,20,22). The molecule has 0 spiro atoms. The second-order valence-electron chi connectivity index (χ2n) is 5.82. The Bertz CT molecular complexity index is 712. The monoisotopic (exact) mass is 394 g/mol. The molecule has 3 nitrogen and oxygen atoms in total. The van der Waals surface area contributed by atoms with Gasteiger partial charge >= 0.3 is 0 Å². The quantitative estimate of drug-likeness (QED) is 0.770. The fourth-order valence-electron chi connectivity index (χ4n) is 2.75. The zero-order chi connectivity index (χ0) is 17.6. The summed E-state index contributed by atoms with van der Waals surface area (Å²) in [6.45, 7) is 1.97. The van der Waals surface area contributed by atoms with E-state index in [1.807, 2.05) is 17.5 Å². The van der Waals surface area contributed by atoms with Gasteiger partial charge in [-0.2, -0.15) is 0 Å². The first-order valence-corrected chi connectivity index (χ1v) is 10.4. The van der Waals surface area contributed by atoms with Crippen LogP contribution in [0.2, 0.25) is 0 Å². The number of nitrogens with zero attached hydrogens (tertiary/aromatic N) is 1. The van der Waals surface area contributed by atoms with E-state index >= 15 is 0 Å². The van der Waals surface area contributed by atoms with Crippen LogP contribution in [0.25, 0.3) is 0 Å². The van der Waals surface area contributed by atoms with E-state index < -0.39 is 0 Å². The fourth-order valence-corrected chi connectivity index (χ4v) is 4.62. The van der Waals surface area contributed by atoms with Crippen LogP contribution in [0.5, 0.6) is 0 Å². The maximum Gasteiger partial charge on any atom is 0.231 e. The van der Waals surface area contributed by atoms with Gasteiger partial charge in [0.1, 0.15) is 10.1 Å². The van der Waals surface area contributed by atoms with E-state index in [4.69, 9.17) is 12.2 Å². The molecule has 0 aliphatic carbocycles. The lowest BCUT2D eigenvalue weighted by Gasteiger charge is -2.20. The molecule has 132 valence electrons. The number of carbonyl (C=O) groups excluding carboxylic acids is 1. The van der Waals surface area contributed by atoms with Gasteiger partial charge in [0.05, 0.1) is 11.8 Å². The highest BCUT2D eigenvalue weighted by Gasteiger charge is 2.20. The van der Waals surface area contributed by atoms with E-state index in [0.717, 1.165) is 40.7 Å². The lowest BCUT2D eigenvalue weighted by Crippen LogP contribution is -2.32. The van der Waals surface area contributed by atoms with E-state index in [1.165, 1.54) is 23.9 Å². The van der Waals surface area contributed by atoms with Crippen LogP contribution >= 0.6 is 35.3 Å². The second kappa shape index (κ2) is 8.78. The first kappa shape index (κ1) is 18.4. The number of hydrogen-bond acceptors (Lipinski definition) is 4. The van der Waals surface area contributed by atoms with Gasteiger partial charge in [0, 0.05) is 18.0 Å². The Balaban J connectivity index is 1.62. The molecular formula is C18H19FN2OS3. The van der Waals surface area contributed by atoms with Crippen LogP contribution in [0.4, 0.5) is 4.39 Å². The first-order chi connectivity index (χ1) is 12.1. The molecule has 1 N–H and O–H groups in total. The molecule has 1 unspecified atom stereocenters. The highest BCUT2D eigenvalue weighted by molar-refractivity contribution is 8.23. The van der Waals surface area contributed by atoms with Crippen molar-refractivity contribution in [3.8, 4) is 0 Å². The minimum absolute atomic E-state index is 0.0747. The van der Waals surface area contributed by atoms with E-state index in [2.05, 4.69) is 10.2 Å². The molecule has 25 heavy (non-hydrogen) atoms. The summed E-state index contributed by atoms with van der Waals surface area (Å²) < 4.78 is 14.0. The Morgan fingerprint density at radius 2 is 2.00 bits per heavy atom. The van der Waals surface area contributed by atoms with Crippen molar-refractivity contribution < 1.29 is 9.18 Å². The van der Waals surface area contributed by atoms with Crippen LogP contribution in [-0.4, -0.2) is 34.0 Å². The average Bonchev–Trinajstić information content (AvgIpc) is 3.31. The summed E-state index contributed by atoms with van der Waals surface area (Å²) in [6.07, 6.45) is 2.33. The van der Waals surface area contributed by atoms with Gasteiger partial charge in [0.15, 0.2) is 0 Å². The predicted molar refractivity (Wildman–Crippen MR) is 107 cm³/mol. The van der Waals surface area contributed by atoms with E-state index in [-0.39, 0.29) is 17.8 Å². The van der Waals surface area contributed by atoms with Crippen molar-refractivity contribution >= 4 is 45.5 Å². The van der Waals surface area contributed by atoms with Crippen molar-refractivity contribution in [2.45, 2.75) is 18.9 Å². The Kier molecular flexibility index (Phi) is 6.45. The second-order valence-corrected chi connectivity index (χ2v) is 8.40. The highest BCUT2D eigenvalue weighted by Crippen LogP contribution is 2.26. The molecule has 1 aromatic heterocycles. The smallest absolute Gasteiger partial charge is 0.231 e. The van der Waals surface area contributed by atoms with Gasteiger partial charge in [-0.05, 0) is 42.0 Å². The molecule has 2 aromatic rings. The number of halogens is 1. The summed E-state index contributed by atoms with van der Waals surface area (Å²) in [4.78, 5) is 15.6. The van der Waals surface area contributed by atoms with Gasteiger partial charge in [-0.15, -0.1) is 11.3 Å². The third-order valence-electron chi connectivity index (χ3n) is 4.03. The summed E-state index contributed by atoms with van der Waals surface area (Å²) in [7, 11) is 0. The molecule has 1 aliphatic rings. The number of benzene rings is 1. The molecule has 7 heteroatoms. The normalized spacial score (nSPS) is 15.2. The molecule has 1 saturated heterocycles. The van der Waals surface area contributed by atoms with Crippen LogP contribution in [0.1, 0.15) is 29.3 Å². The molecule has 1 aromatic carbocycles.